The number of aryl methyl sites for hydroxylation is 1. The Kier molecular flexibility index (Phi) is 4.51. The summed E-state index contributed by atoms with van der Waals surface area (Å²) < 4.78 is 14.3. The Morgan fingerprint density at radius 2 is 2.12 bits per heavy atom. The van der Waals surface area contributed by atoms with Gasteiger partial charge in [0.15, 0.2) is 18.1 Å². The van der Waals surface area contributed by atoms with Crippen LogP contribution in [0.25, 0.3) is 0 Å². The third-order valence-corrected chi connectivity index (χ3v) is 2.71. The van der Waals surface area contributed by atoms with Crippen LogP contribution >= 0.6 is 0 Å². The molecule has 0 aliphatic rings. The number of ether oxygens (including phenoxy) is 1. The van der Waals surface area contributed by atoms with Gasteiger partial charge in [-0.1, -0.05) is 20.3 Å². The molecular weight excluding hydrogens is 226 g/mol. The minimum absolute atomic E-state index is 0.0416. The summed E-state index contributed by atoms with van der Waals surface area (Å²) in [5, 5.41) is 0. The van der Waals surface area contributed by atoms with Gasteiger partial charge in [0.05, 0.1) is 0 Å². The van der Waals surface area contributed by atoms with Crippen molar-refractivity contribution in [2.75, 3.05) is 0 Å². The molecule has 1 heterocycles. The standard InChI is InChI=1S/C11H17NO5/c1-4-6(2)9(12)10(13)15-5-8-7(3)16-11(14)17-8/h6,9H,4-5,12H2,1-3H3. The molecular formula is C11H17NO5. The number of rotatable bonds is 5. The first-order valence-electron chi connectivity index (χ1n) is 5.47. The second kappa shape index (κ2) is 5.67. The zero-order valence-corrected chi connectivity index (χ0v) is 10.2. The third kappa shape index (κ3) is 3.45. The molecule has 6 heteroatoms. The summed E-state index contributed by atoms with van der Waals surface area (Å²) >= 11 is 0. The van der Waals surface area contributed by atoms with Crippen molar-refractivity contribution in [2.24, 2.45) is 11.7 Å². The molecule has 17 heavy (non-hydrogen) atoms. The van der Waals surface area contributed by atoms with Crippen LogP contribution < -0.4 is 11.6 Å². The second-order valence-corrected chi connectivity index (χ2v) is 3.95. The van der Waals surface area contributed by atoms with Crippen molar-refractivity contribution >= 4 is 5.97 Å². The Labute approximate surface area is 98.7 Å². The van der Waals surface area contributed by atoms with Crippen LogP contribution in [0, 0.1) is 12.8 Å². The molecule has 1 aromatic rings. The average molecular weight is 243 g/mol. The van der Waals surface area contributed by atoms with E-state index in [0.29, 0.717) is 5.76 Å². The molecule has 0 bridgehead atoms. The highest BCUT2D eigenvalue weighted by molar-refractivity contribution is 5.75. The molecule has 0 aliphatic heterocycles. The molecule has 2 N–H and O–H groups in total. The summed E-state index contributed by atoms with van der Waals surface area (Å²) in [7, 11) is 0. The topological polar surface area (TPSA) is 95.7 Å². The third-order valence-electron chi connectivity index (χ3n) is 2.71. The van der Waals surface area contributed by atoms with Gasteiger partial charge in [0.1, 0.15) is 6.04 Å². The van der Waals surface area contributed by atoms with Gasteiger partial charge in [-0.3, -0.25) is 4.79 Å². The summed E-state index contributed by atoms with van der Waals surface area (Å²) in [6.07, 6.45) is 0.788. The molecule has 2 atom stereocenters. The van der Waals surface area contributed by atoms with Crippen molar-refractivity contribution in [3.05, 3.63) is 22.1 Å². The predicted molar refractivity (Wildman–Crippen MR) is 59.2 cm³/mol. The minimum Gasteiger partial charge on any atom is -0.456 e. The average Bonchev–Trinajstić information content (AvgIpc) is 2.62. The minimum atomic E-state index is -0.806. The van der Waals surface area contributed by atoms with Gasteiger partial charge in [0, 0.05) is 0 Å². The number of nitrogens with two attached hydrogens (primary N) is 1. The fourth-order valence-corrected chi connectivity index (χ4v) is 1.23. The molecule has 0 radical (unpaired) electrons. The Morgan fingerprint density at radius 1 is 1.47 bits per heavy atom. The Morgan fingerprint density at radius 3 is 2.59 bits per heavy atom. The molecule has 6 nitrogen and oxygen atoms in total. The monoisotopic (exact) mass is 243 g/mol. The van der Waals surface area contributed by atoms with E-state index in [1.54, 1.807) is 6.92 Å². The number of hydrogen-bond acceptors (Lipinski definition) is 6. The number of carbonyl (C=O) groups is 1. The maximum atomic E-state index is 11.5. The first kappa shape index (κ1) is 13.5. The summed E-state index contributed by atoms with van der Waals surface area (Å²) in [4.78, 5) is 22.3. The first-order valence-corrected chi connectivity index (χ1v) is 5.47. The van der Waals surface area contributed by atoms with Crippen LogP contribution in [0.3, 0.4) is 0 Å². The second-order valence-electron chi connectivity index (χ2n) is 3.95. The molecule has 0 saturated heterocycles. The largest absolute Gasteiger partial charge is 0.519 e. The molecule has 0 fully saturated rings. The van der Waals surface area contributed by atoms with Gasteiger partial charge in [0.25, 0.3) is 0 Å². The Hall–Kier alpha value is -1.56. The van der Waals surface area contributed by atoms with E-state index in [4.69, 9.17) is 14.9 Å². The van der Waals surface area contributed by atoms with Crippen LogP contribution in [0.2, 0.25) is 0 Å². The van der Waals surface area contributed by atoms with Gasteiger partial charge in [0.2, 0.25) is 0 Å². The fraction of sp³-hybridized carbons (Fsp3) is 0.636. The van der Waals surface area contributed by atoms with Gasteiger partial charge in [-0.25, -0.2) is 4.79 Å². The smallest absolute Gasteiger partial charge is 0.456 e. The van der Waals surface area contributed by atoms with Crippen LogP contribution in [0.15, 0.2) is 13.6 Å². The van der Waals surface area contributed by atoms with E-state index in [9.17, 15) is 9.59 Å². The van der Waals surface area contributed by atoms with E-state index in [2.05, 4.69) is 4.42 Å². The zero-order chi connectivity index (χ0) is 13.0. The predicted octanol–water partition coefficient (Wildman–Crippen LogP) is 0.958. The van der Waals surface area contributed by atoms with Crippen LogP contribution in [0.5, 0.6) is 0 Å². The number of carbonyl (C=O) groups excluding carboxylic acids is 1. The van der Waals surface area contributed by atoms with Crippen LogP contribution in [0.1, 0.15) is 31.8 Å². The quantitative estimate of drug-likeness (QED) is 0.774. The lowest BCUT2D eigenvalue weighted by Gasteiger charge is -2.16. The first-order chi connectivity index (χ1) is 7.95. The molecule has 2 unspecified atom stereocenters. The molecule has 1 rings (SSSR count). The van der Waals surface area contributed by atoms with E-state index in [1.807, 2.05) is 13.8 Å². The molecule has 96 valence electrons. The molecule has 0 aliphatic carbocycles. The maximum absolute atomic E-state index is 11.5. The van der Waals surface area contributed by atoms with Gasteiger partial charge in [-0.2, -0.15) is 0 Å². The van der Waals surface area contributed by atoms with E-state index in [0.717, 1.165) is 6.42 Å². The van der Waals surface area contributed by atoms with E-state index < -0.39 is 17.8 Å². The lowest BCUT2D eigenvalue weighted by atomic mass is 10.0. The lowest BCUT2D eigenvalue weighted by Crippen LogP contribution is -2.37. The van der Waals surface area contributed by atoms with Crippen molar-refractivity contribution in [1.82, 2.24) is 0 Å². The number of hydrogen-bond donors (Lipinski definition) is 1. The summed E-state index contributed by atoms with van der Waals surface area (Å²) in [6, 6.07) is -0.668. The normalized spacial score (nSPS) is 14.4. The van der Waals surface area contributed by atoms with Crippen molar-refractivity contribution in [3.8, 4) is 0 Å². The van der Waals surface area contributed by atoms with Crippen molar-refractivity contribution in [3.63, 3.8) is 0 Å². The van der Waals surface area contributed by atoms with Gasteiger partial charge in [-0.05, 0) is 12.8 Å². The lowest BCUT2D eigenvalue weighted by molar-refractivity contribution is -0.148. The zero-order valence-electron chi connectivity index (χ0n) is 10.2. The van der Waals surface area contributed by atoms with Crippen molar-refractivity contribution < 1.29 is 18.4 Å². The van der Waals surface area contributed by atoms with Gasteiger partial charge >= 0.3 is 11.8 Å². The maximum Gasteiger partial charge on any atom is 0.519 e. The molecule has 1 aromatic heterocycles. The van der Waals surface area contributed by atoms with Crippen LogP contribution in [0.4, 0.5) is 0 Å². The van der Waals surface area contributed by atoms with Gasteiger partial charge < -0.3 is 19.3 Å². The van der Waals surface area contributed by atoms with Crippen LogP contribution in [-0.2, 0) is 16.1 Å². The highest BCUT2D eigenvalue weighted by Crippen LogP contribution is 2.10. The summed E-state index contributed by atoms with van der Waals surface area (Å²) in [5.41, 5.74) is 5.69. The van der Waals surface area contributed by atoms with E-state index in [1.165, 1.54) is 0 Å². The van der Waals surface area contributed by atoms with E-state index in [-0.39, 0.29) is 18.3 Å². The molecule has 0 spiro atoms. The van der Waals surface area contributed by atoms with Crippen molar-refractivity contribution in [2.45, 2.75) is 39.8 Å². The summed E-state index contributed by atoms with van der Waals surface area (Å²) in [5.74, 6) is -0.762. The number of esters is 1. The van der Waals surface area contributed by atoms with Gasteiger partial charge in [-0.15, -0.1) is 0 Å². The van der Waals surface area contributed by atoms with Crippen molar-refractivity contribution in [1.29, 1.82) is 0 Å². The van der Waals surface area contributed by atoms with E-state index >= 15 is 0 Å². The fourth-order valence-electron chi connectivity index (χ4n) is 1.23. The molecule has 0 aromatic carbocycles. The SMILES string of the molecule is CCC(C)C(N)C(=O)OCc1oc(=O)oc1C. The molecule has 0 saturated carbocycles. The molecule has 0 amide bonds. The Balaban J connectivity index is 2.54. The van der Waals surface area contributed by atoms with Crippen LogP contribution in [-0.4, -0.2) is 12.0 Å². The highest BCUT2D eigenvalue weighted by atomic mass is 16.6. The Bertz CT molecular complexity index is 433. The highest BCUT2D eigenvalue weighted by Gasteiger charge is 2.22. The summed E-state index contributed by atoms with van der Waals surface area (Å²) in [6.45, 7) is 5.23.